The number of rotatable bonds is 3. The van der Waals surface area contributed by atoms with Gasteiger partial charge in [-0.15, -0.1) is 0 Å². The zero-order valence-electron chi connectivity index (χ0n) is 22.8. The Morgan fingerprint density at radius 2 is 1.05 bits per heavy atom. The lowest BCUT2D eigenvalue weighted by molar-refractivity contribution is 0.669. The maximum Gasteiger partial charge on any atom is 0.135 e. The highest BCUT2D eigenvalue weighted by Gasteiger charge is 2.17. The molecular weight excluding hydrogens is 510 g/mol. The SMILES string of the molecule is c1ccc(-c2cccc(-n3c4ccc(-c5ccc6oc7ccccc7c6c5)cc4c4c5ccccc5ccc43)c2)cc1. The van der Waals surface area contributed by atoms with E-state index in [1.54, 1.807) is 0 Å². The molecule has 0 N–H and O–H groups in total. The second kappa shape index (κ2) is 8.95. The third kappa shape index (κ3) is 3.45. The molecule has 0 aliphatic heterocycles. The Morgan fingerprint density at radius 1 is 0.381 bits per heavy atom. The number of aromatic nitrogens is 1. The maximum absolute atomic E-state index is 6.11. The zero-order chi connectivity index (χ0) is 27.6. The molecule has 0 atom stereocenters. The van der Waals surface area contributed by atoms with Crippen molar-refractivity contribution in [3.8, 4) is 27.9 Å². The van der Waals surface area contributed by atoms with Gasteiger partial charge in [-0.2, -0.15) is 0 Å². The molecule has 7 aromatic carbocycles. The van der Waals surface area contributed by atoms with E-state index in [1.165, 1.54) is 54.8 Å². The molecule has 0 amide bonds. The van der Waals surface area contributed by atoms with Crippen LogP contribution in [0.5, 0.6) is 0 Å². The smallest absolute Gasteiger partial charge is 0.135 e. The van der Waals surface area contributed by atoms with Crippen molar-refractivity contribution in [1.29, 1.82) is 0 Å². The molecular formula is C40H25NO. The van der Waals surface area contributed by atoms with Gasteiger partial charge in [0.1, 0.15) is 11.2 Å². The van der Waals surface area contributed by atoms with Crippen molar-refractivity contribution in [3.63, 3.8) is 0 Å². The molecule has 0 aliphatic rings. The van der Waals surface area contributed by atoms with Crippen molar-refractivity contribution in [2.24, 2.45) is 0 Å². The van der Waals surface area contributed by atoms with E-state index >= 15 is 0 Å². The lowest BCUT2D eigenvalue weighted by Crippen LogP contribution is -1.94. The Kier molecular flexibility index (Phi) is 4.93. The minimum Gasteiger partial charge on any atom is -0.456 e. The number of fused-ring (bicyclic) bond motifs is 8. The molecule has 9 rings (SSSR count). The van der Waals surface area contributed by atoms with Gasteiger partial charge in [0.15, 0.2) is 0 Å². The van der Waals surface area contributed by atoms with Gasteiger partial charge in [-0.25, -0.2) is 0 Å². The molecule has 9 aromatic rings. The van der Waals surface area contributed by atoms with Gasteiger partial charge in [0, 0.05) is 27.2 Å². The van der Waals surface area contributed by atoms with Crippen LogP contribution in [0, 0.1) is 0 Å². The first kappa shape index (κ1) is 23.1. The van der Waals surface area contributed by atoms with E-state index in [2.05, 4.69) is 144 Å². The molecule has 2 heteroatoms. The average molecular weight is 536 g/mol. The quantitative estimate of drug-likeness (QED) is 0.220. The van der Waals surface area contributed by atoms with Crippen LogP contribution >= 0.6 is 0 Å². The van der Waals surface area contributed by atoms with Crippen LogP contribution < -0.4 is 0 Å². The van der Waals surface area contributed by atoms with Crippen LogP contribution in [-0.2, 0) is 0 Å². The first-order valence-corrected chi connectivity index (χ1v) is 14.4. The van der Waals surface area contributed by atoms with Gasteiger partial charge in [-0.3, -0.25) is 0 Å². The summed E-state index contributed by atoms with van der Waals surface area (Å²) in [6, 6.07) is 54.4. The predicted octanol–water partition coefficient (Wildman–Crippen LogP) is 11.2. The molecule has 0 unspecified atom stereocenters. The van der Waals surface area contributed by atoms with Gasteiger partial charge in [-0.05, 0) is 81.6 Å². The van der Waals surface area contributed by atoms with E-state index in [0.717, 1.165) is 27.6 Å². The summed E-state index contributed by atoms with van der Waals surface area (Å²) >= 11 is 0. The fraction of sp³-hybridized carbons (Fsp3) is 0. The summed E-state index contributed by atoms with van der Waals surface area (Å²) in [5.41, 5.74) is 10.2. The summed E-state index contributed by atoms with van der Waals surface area (Å²) in [6.45, 7) is 0. The van der Waals surface area contributed by atoms with E-state index < -0.39 is 0 Å². The highest BCUT2D eigenvalue weighted by molar-refractivity contribution is 6.22. The van der Waals surface area contributed by atoms with E-state index in [-0.39, 0.29) is 0 Å². The van der Waals surface area contributed by atoms with Gasteiger partial charge in [0.05, 0.1) is 11.0 Å². The number of nitrogens with zero attached hydrogens (tertiary/aromatic N) is 1. The average Bonchev–Trinajstić information content (AvgIpc) is 3.60. The molecule has 0 spiro atoms. The van der Waals surface area contributed by atoms with Gasteiger partial charge in [-0.1, -0.05) is 103 Å². The Morgan fingerprint density at radius 3 is 1.95 bits per heavy atom. The van der Waals surface area contributed by atoms with Crippen LogP contribution in [0.2, 0.25) is 0 Å². The van der Waals surface area contributed by atoms with Crippen molar-refractivity contribution in [1.82, 2.24) is 4.57 Å². The van der Waals surface area contributed by atoms with Crippen molar-refractivity contribution in [3.05, 3.63) is 152 Å². The third-order valence-electron chi connectivity index (χ3n) is 8.58. The summed E-state index contributed by atoms with van der Waals surface area (Å²) in [7, 11) is 0. The maximum atomic E-state index is 6.11. The standard InChI is InChI=1S/C40H25NO/c1-2-9-26(10-3-1)28-12-8-13-31(23-28)41-36-20-18-29(25-35(36)40-32-14-5-4-11-27(32)17-21-37(40)41)30-19-22-39-34(24-30)33-15-6-7-16-38(33)42-39/h1-25H. The summed E-state index contributed by atoms with van der Waals surface area (Å²) in [4.78, 5) is 0. The third-order valence-corrected chi connectivity index (χ3v) is 8.58. The fourth-order valence-electron chi connectivity index (χ4n) is 6.61. The molecule has 2 heterocycles. The minimum absolute atomic E-state index is 0.918. The number of benzene rings is 7. The van der Waals surface area contributed by atoms with Crippen LogP contribution in [0.1, 0.15) is 0 Å². The lowest BCUT2D eigenvalue weighted by Gasteiger charge is -2.11. The van der Waals surface area contributed by atoms with E-state index in [0.29, 0.717) is 0 Å². The van der Waals surface area contributed by atoms with Crippen molar-refractivity contribution in [2.45, 2.75) is 0 Å². The first-order chi connectivity index (χ1) is 20.8. The Bertz CT molecular complexity index is 2460. The second-order valence-electron chi connectivity index (χ2n) is 11.0. The summed E-state index contributed by atoms with van der Waals surface area (Å²) in [5, 5.41) is 7.35. The summed E-state index contributed by atoms with van der Waals surface area (Å²) in [5.74, 6) is 0. The Hall–Kier alpha value is -5.60. The largest absolute Gasteiger partial charge is 0.456 e. The molecule has 0 fully saturated rings. The lowest BCUT2D eigenvalue weighted by atomic mass is 9.99. The highest BCUT2D eigenvalue weighted by Crippen LogP contribution is 2.40. The summed E-state index contributed by atoms with van der Waals surface area (Å²) in [6.07, 6.45) is 0. The van der Waals surface area contributed by atoms with Crippen molar-refractivity contribution in [2.75, 3.05) is 0 Å². The molecule has 0 radical (unpaired) electrons. The van der Waals surface area contributed by atoms with Crippen LogP contribution in [0.3, 0.4) is 0 Å². The van der Waals surface area contributed by atoms with Crippen LogP contribution in [0.25, 0.3) is 82.5 Å². The second-order valence-corrected chi connectivity index (χ2v) is 11.0. The summed E-state index contributed by atoms with van der Waals surface area (Å²) < 4.78 is 8.53. The normalized spacial score (nSPS) is 11.8. The van der Waals surface area contributed by atoms with Gasteiger partial charge < -0.3 is 8.98 Å². The molecule has 0 bridgehead atoms. The Labute approximate surface area is 242 Å². The molecule has 42 heavy (non-hydrogen) atoms. The predicted molar refractivity (Wildman–Crippen MR) is 176 cm³/mol. The number of para-hydroxylation sites is 1. The molecule has 196 valence electrons. The first-order valence-electron chi connectivity index (χ1n) is 14.4. The van der Waals surface area contributed by atoms with Gasteiger partial charge >= 0.3 is 0 Å². The topological polar surface area (TPSA) is 18.1 Å². The van der Waals surface area contributed by atoms with Gasteiger partial charge in [0.25, 0.3) is 0 Å². The van der Waals surface area contributed by atoms with E-state index in [9.17, 15) is 0 Å². The number of hydrogen-bond acceptors (Lipinski definition) is 1. The van der Waals surface area contributed by atoms with E-state index in [1.807, 2.05) is 12.1 Å². The number of furan rings is 1. The fourth-order valence-corrected chi connectivity index (χ4v) is 6.61. The van der Waals surface area contributed by atoms with Crippen molar-refractivity contribution >= 4 is 54.5 Å². The van der Waals surface area contributed by atoms with Crippen LogP contribution in [0.15, 0.2) is 156 Å². The molecule has 2 nitrogen and oxygen atoms in total. The van der Waals surface area contributed by atoms with Crippen LogP contribution in [-0.4, -0.2) is 4.57 Å². The molecule has 0 saturated heterocycles. The van der Waals surface area contributed by atoms with E-state index in [4.69, 9.17) is 4.42 Å². The molecule has 0 aliphatic carbocycles. The monoisotopic (exact) mass is 535 g/mol. The molecule has 0 saturated carbocycles. The minimum atomic E-state index is 0.918. The van der Waals surface area contributed by atoms with Crippen LogP contribution in [0.4, 0.5) is 0 Å². The highest BCUT2D eigenvalue weighted by atomic mass is 16.3. The number of hydrogen-bond donors (Lipinski definition) is 0. The van der Waals surface area contributed by atoms with Gasteiger partial charge in [0.2, 0.25) is 0 Å². The Balaban J connectivity index is 1.32. The van der Waals surface area contributed by atoms with Crippen molar-refractivity contribution < 1.29 is 4.42 Å². The molecule has 2 aromatic heterocycles. The zero-order valence-corrected chi connectivity index (χ0v) is 22.8.